The summed E-state index contributed by atoms with van der Waals surface area (Å²) >= 11 is 1.23. The van der Waals surface area contributed by atoms with Gasteiger partial charge in [-0.3, -0.25) is 4.79 Å². The van der Waals surface area contributed by atoms with Gasteiger partial charge < -0.3 is 9.80 Å². The van der Waals surface area contributed by atoms with Gasteiger partial charge in [-0.05, 0) is 51.3 Å². The third-order valence-electron chi connectivity index (χ3n) is 3.82. The Balaban J connectivity index is 1.90. The van der Waals surface area contributed by atoms with Gasteiger partial charge >= 0.3 is 0 Å². The number of carbonyl (C=O) groups is 1. The zero-order valence-electron chi connectivity index (χ0n) is 12.4. The Labute approximate surface area is 125 Å². The Morgan fingerprint density at radius 3 is 2.60 bits per heavy atom. The lowest BCUT2D eigenvalue weighted by molar-refractivity contribution is 0.0676. The first kappa shape index (κ1) is 15.4. The first-order valence-corrected chi connectivity index (χ1v) is 8.32. The highest BCUT2D eigenvalue weighted by atomic mass is 32.1. The van der Waals surface area contributed by atoms with Crippen LogP contribution in [0.4, 0.5) is 0 Å². The third kappa shape index (κ3) is 4.24. The number of hydrogen-bond acceptors (Lipinski definition) is 5. The van der Waals surface area contributed by atoms with Crippen LogP contribution in [-0.4, -0.2) is 57.5 Å². The molecule has 1 fully saturated rings. The topological polar surface area (TPSA) is 49.3 Å². The van der Waals surface area contributed by atoms with E-state index in [1.807, 2.05) is 4.90 Å². The van der Waals surface area contributed by atoms with Crippen LogP contribution < -0.4 is 0 Å². The molecule has 0 atom stereocenters. The van der Waals surface area contributed by atoms with Crippen LogP contribution in [-0.2, 0) is 0 Å². The van der Waals surface area contributed by atoms with E-state index in [0.29, 0.717) is 5.69 Å². The summed E-state index contributed by atoms with van der Waals surface area (Å²) in [5, 5.41) is 5.62. The molecule has 0 aromatic carbocycles. The summed E-state index contributed by atoms with van der Waals surface area (Å²) in [6, 6.07) is 0.191. The molecule has 20 heavy (non-hydrogen) atoms. The zero-order chi connectivity index (χ0) is 14.4. The number of amides is 1. The van der Waals surface area contributed by atoms with E-state index < -0.39 is 0 Å². The van der Waals surface area contributed by atoms with Gasteiger partial charge in [-0.1, -0.05) is 17.3 Å². The second-order valence-electron chi connectivity index (χ2n) is 5.64. The molecule has 6 heteroatoms. The number of rotatable bonds is 5. The molecule has 1 aromatic heterocycles. The summed E-state index contributed by atoms with van der Waals surface area (Å²) in [5.74, 6) is 0.00331. The molecule has 0 aliphatic carbocycles. The van der Waals surface area contributed by atoms with Crippen molar-refractivity contribution in [1.82, 2.24) is 19.4 Å². The van der Waals surface area contributed by atoms with E-state index in [1.165, 1.54) is 50.3 Å². The van der Waals surface area contributed by atoms with E-state index in [2.05, 4.69) is 28.3 Å². The van der Waals surface area contributed by atoms with Crippen molar-refractivity contribution in [2.75, 3.05) is 26.2 Å². The molecule has 1 saturated heterocycles. The van der Waals surface area contributed by atoms with Crippen molar-refractivity contribution < 1.29 is 4.79 Å². The number of likely N-dealkylation sites (tertiary alicyclic amines) is 1. The summed E-state index contributed by atoms with van der Waals surface area (Å²) in [6.07, 6.45) is 5.25. The molecule has 1 aromatic rings. The Morgan fingerprint density at radius 2 is 2.05 bits per heavy atom. The fraction of sp³-hybridized carbons (Fsp3) is 0.786. The van der Waals surface area contributed by atoms with Gasteiger partial charge in [0.25, 0.3) is 5.91 Å². The van der Waals surface area contributed by atoms with Crippen molar-refractivity contribution in [3.05, 3.63) is 11.1 Å². The van der Waals surface area contributed by atoms with Crippen LogP contribution in [0.1, 0.15) is 50.0 Å². The maximum atomic E-state index is 12.4. The molecule has 2 rings (SSSR count). The van der Waals surface area contributed by atoms with Crippen LogP contribution in [0, 0.1) is 0 Å². The highest BCUT2D eigenvalue weighted by Gasteiger charge is 2.21. The summed E-state index contributed by atoms with van der Waals surface area (Å²) in [5.41, 5.74) is 0.472. The van der Waals surface area contributed by atoms with Gasteiger partial charge in [0.1, 0.15) is 0 Å². The molecule has 1 amide bonds. The van der Waals surface area contributed by atoms with Gasteiger partial charge in [0.05, 0.1) is 0 Å². The first-order valence-electron chi connectivity index (χ1n) is 7.49. The predicted octanol–water partition coefficient (Wildman–Crippen LogP) is 2.26. The molecule has 112 valence electrons. The molecule has 0 saturated carbocycles. The minimum Gasteiger partial charge on any atom is -0.334 e. The maximum Gasteiger partial charge on any atom is 0.275 e. The Kier molecular flexibility index (Phi) is 5.91. The lowest BCUT2D eigenvalue weighted by Crippen LogP contribution is -2.42. The molecule has 2 heterocycles. The molecule has 0 radical (unpaired) electrons. The summed E-state index contributed by atoms with van der Waals surface area (Å²) in [6.45, 7) is 8.17. The summed E-state index contributed by atoms with van der Waals surface area (Å²) in [4.78, 5) is 16.8. The van der Waals surface area contributed by atoms with Crippen LogP contribution in [0.5, 0.6) is 0 Å². The molecular formula is C14H24N4OS. The van der Waals surface area contributed by atoms with Crippen molar-refractivity contribution in [2.45, 2.75) is 45.6 Å². The molecule has 0 spiro atoms. The van der Waals surface area contributed by atoms with Crippen LogP contribution in [0.3, 0.4) is 0 Å². The van der Waals surface area contributed by atoms with Crippen LogP contribution >= 0.6 is 11.5 Å². The standard InChI is InChI=1S/C14H24N4OS/c1-12(2)18(14(19)13-11-20-16-15-13)10-9-17-7-5-3-4-6-8-17/h11-12H,3-10H2,1-2H3. The lowest BCUT2D eigenvalue weighted by atomic mass is 10.2. The zero-order valence-corrected chi connectivity index (χ0v) is 13.2. The minimum absolute atomic E-state index is 0.00331. The molecule has 0 unspecified atom stereocenters. The van der Waals surface area contributed by atoms with E-state index in [0.717, 1.165) is 13.1 Å². The van der Waals surface area contributed by atoms with Gasteiger partial charge in [0.2, 0.25) is 0 Å². The quantitative estimate of drug-likeness (QED) is 0.836. The van der Waals surface area contributed by atoms with Crippen molar-refractivity contribution in [2.24, 2.45) is 0 Å². The van der Waals surface area contributed by atoms with Crippen LogP contribution in [0.15, 0.2) is 5.38 Å². The van der Waals surface area contributed by atoms with Crippen molar-refractivity contribution in [3.8, 4) is 0 Å². The molecular weight excluding hydrogens is 272 g/mol. The van der Waals surface area contributed by atoms with Crippen molar-refractivity contribution in [1.29, 1.82) is 0 Å². The van der Waals surface area contributed by atoms with E-state index in [-0.39, 0.29) is 11.9 Å². The normalized spacial score (nSPS) is 17.1. The minimum atomic E-state index is 0.00331. The molecule has 0 N–H and O–H groups in total. The highest BCUT2D eigenvalue weighted by Crippen LogP contribution is 2.11. The average Bonchev–Trinajstić information content (AvgIpc) is 2.83. The SMILES string of the molecule is CC(C)N(CCN1CCCCCC1)C(=O)c1csnn1. The number of hydrogen-bond donors (Lipinski definition) is 0. The van der Waals surface area contributed by atoms with E-state index >= 15 is 0 Å². The van der Waals surface area contributed by atoms with E-state index in [1.54, 1.807) is 5.38 Å². The van der Waals surface area contributed by atoms with Gasteiger partial charge in [0.15, 0.2) is 5.69 Å². The smallest absolute Gasteiger partial charge is 0.275 e. The second kappa shape index (κ2) is 7.69. The summed E-state index contributed by atoms with van der Waals surface area (Å²) < 4.78 is 3.78. The second-order valence-corrected chi connectivity index (χ2v) is 6.25. The molecule has 0 bridgehead atoms. The largest absolute Gasteiger partial charge is 0.334 e. The van der Waals surface area contributed by atoms with E-state index in [9.17, 15) is 4.79 Å². The van der Waals surface area contributed by atoms with E-state index in [4.69, 9.17) is 0 Å². The van der Waals surface area contributed by atoms with Gasteiger partial charge in [-0.2, -0.15) is 0 Å². The number of nitrogens with zero attached hydrogens (tertiary/aromatic N) is 4. The Bertz CT molecular complexity index is 399. The molecule has 5 nitrogen and oxygen atoms in total. The number of carbonyl (C=O) groups excluding carboxylic acids is 1. The predicted molar refractivity (Wildman–Crippen MR) is 81.0 cm³/mol. The lowest BCUT2D eigenvalue weighted by Gasteiger charge is -2.29. The van der Waals surface area contributed by atoms with Gasteiger partial charge in [-0.25, -0.2) is 0 Å². The van der Waals surface area contributed by atoms with Crippen molar-refractivity contribution in [3.63, 3.8) is 0 Å². The Morgan fingerprint density at radius 1 is 1.35 bits per heavy atom. The number of aromatic nitrogens is 2. The fourth-order valence-corrected chi connectivity index (χ4v) is 3.04. The van der Waals surface area contributed by atoms with Crippen LogP contribution in [0.2, 0.25) is 0 Å². The maximum absolute atomic E-state index is 12.4. The molecule has 1 aliphatic heterocycles. The fourth-order valence-electron chi connectivity index (χ4n) is 2.61. The van der Waals surface area contributed by atoms with Crippen LogP contribution in [0.25, 0.3) is 0 Å². The highest BCUT2D eigenvalue weighted by molar-refractivity contribution is 7.03. The van der Waals surface area contributed by atoms with Gasteiger partial charge in [-0.15, -0.1) is 5.10 Å². The van der Waals surface area contributed by atoms with Crippen molar-refractivity contribution >= 4 is 17.4 Å². The average molecular weight is 296 g/mol. The van der Waals surface area contributed by atoms with Gasteiger partial charge in [0, 0.05) is 24.5 Å². The molecule has 1 aliphatic rings. The first-order chi connectivity index (χ1) is 9.68. The third-order valence-corrected chi connectivity index (χ3v) is 4.32. The summed E-state index contributed by atoms with van der Waals surface area (Å²) in [7, 11) is 0. The monoisotopic (exact) mass is 296 g/mol. The Hall–Kier alpha value is -1.01.